The molecule has 1 aromatic carbocycles. The third-order valence-electron chi connectivity index (χ3n) is 5.77. The molecule has 1 saturated heterocycles. The van der Waals surface area contributed by atoms with Gasteiger partial charge in [-0.05, 0) is 44.6 Å². The fourth-order valence-corrected chi connectivity index (χ4v) is 4.22. The molecule has 31 heavy (non-hydrogen) atoms. The number of nitrogens with zero attached hydrogens (tertiary/aromatic N) is 1. The number of carbonyl (C=O) groups excluding carboxylic acids is 2. The Bertz CT molecular complexity index is 677. The Hall–Kier alpha value is -2.45. The second kappa shape index (κ2) is 13.8. The predicted molar refractivity (Wildman–Crippen MR) is 117 cm³/mol. The summed E-state index contributed by atoms with van der Waals surface area (Å²) in [5.74, 6) is 0.202. The average Bonchev–Trinajstić information content (AvgIpc) is 3.20. The number of benzene rings is 1. The van der Waals surface area contributed by atoms with Gasteiger partial charge in [-0.1, -0.05) is 30.3 Å². The number of amides is 2. The van der Waals surface area contributed by atoms with Crippen LogP contribution in [0.2, 0.25) is 0 Å². The summed E-state index contributed by atoms with van der Waals surface area (Å²) in [5.41, 5.74) is 1.32. The number of ether oxygens (including phenoxy) is 1. The van der Waals surface area contributed by atoms with E-state index in [0.29, 0.717) is 6.61 Å². The minimum absolute atomic E-state index is 0.0563. The highest BCUT2D eigenvalue weighted by atomic mass is 16.5. The van der Waals surface area contributed by atoms with E-state index in [9.17, 15) is 9.59 Å². The van der Waals surface area contributed by atoms with Gasteiger partial charge in [-0.2, -0.15) is 0 Å². The van der Waals surface area contributed by atoms with Crippen LogP contribution in [0.3, 0.4) is 0 Å². The van der Waals surface area contributed by atoms with E-state index in [1.54, 1.807) is 0 Å². The molecule has 0 spiro atoms. The molecule has 1 aromatic rings. The van der Waals surface area contributed by atoms with E-state index in [2.05, 4.69) is 39.8 Å². The van der Waals surface area contributed by atoms with Crippen molar-refractivity contribution < 1.29 is 24.2 Å². The van der Waals surface area contributed by atoms with Crippen molar-refractivity contribution in [2.24, 2.45) is 5.92 Å². The highest BCUT2D eigenvalue weighted by molar-refractivity contribution is 5.79. The first-order chi connectivity index (χ1) is 15.0. The molecule has 1 aliphatic carbocycles. The molecule has 1 unspecified atom stereocenters. The highest BCUT2D eigenvalue weighted by Gasteiger charge is 2.30. The molecule has 0 aromatic heterocycles. The largest absolute Gasteiger partial charge is 0.483 e. The fourth-order valence-electron chi connectivity index (χ4n) is 4.22. The number of carbonyl (C=O) groups is 3. The lowest BCUT2D eigenvalue weighted by Gasteiger charge is -2.29. The van der Waals surface area contributed by atoms with Crippen LogP contribution >= 0.6 is 0 Å². The zero-order chi connectivity index (χ0) is 22.5. The molecule has 3 rings (SSSR count). The Labute approximate surface area is 184 Å². The predicted octanol–water partition coefficient (Wildman–Crippen LogP) is 1.79. The zero-order valence-electron chi connectivity index (χ0n) is 18.3. The molecular weight excluding hydrogens is 398 g/mol. The van der Waals surface area contributed by atoms with Crippen LogP contribution < -0.4 is 10.6 Å². The van der Waals surface area contributed by atoms with E-state index < -0.39 is 0 Å². The normalized spacial score (nSPS) is 23.3. The van der Waals surface area contributed by atoms with E-state index in [1.165, 1.54) is 5.56 Å². The van der Waals surface area contributed by atoms with Crippen LogP contribution in [0.25, 0.3) is 0 Å². The van der Waals surface area contributed by atoms with Gasteiger partial charge >= 0.3 is 0 Å². The Morgan fingerprint density at radius 1 is 1.10 bits per heavy atom. The van der Waals surface area contributed by atoms with Crippen LogP contribution in [0.5, 0.6) is 0 Å². The van der Waals surface area contributed by atoms with Crippen molar-refractivity contribution in [1.29, 1.82) is 0 Å². The topological polar surface area (TPSA) is 108 Å². The lowest BCUT2D eigenvalue weighted by atomic mass is 9.85. The summed E-state index contributed by atoms with van der Waals surface area (Å²) in [6.45, 7) is 5.19. The van der Waals surface area contributed by atoms with Gasteiger partial charge in [-0.3, -0.25) is 19.3 Å². The van der Waals surface area contributed by atoms with Crippen LogP contribution in [-0.2, 0) is 25.7 Å². The monoisotopic (exact) mass is 433 g/mol. The first kappa shape index (κ1) is 24.8. The van der Waals surface area contributed by atoms with Crippen molar-refractivity contribution >= 4 is 18.3 Å². The Balaban J connectivity index is 0.00000107. The molecule has 172 valence electrons. The lowest BCUT2D eigenvalue weighted by molar-refractivity contribution is -0.127. The summed E-state index contributed by atoms with van der Waals surface area (Å²) in [7, 11) is 0. The van der Waals surface area contributed by atoms with E-state index >= 15 is 0 Å². The molecule has 2 aliphatic rings. The number of likely N-dealkylation sites (tertiary alicyclic amines) is 1. The number of rotatable bonds is 8. The van der Waals surface area contributed by atoms with Crippen LogP contribution in [-0.4, -0.2) is 66.7 Å². The minimum Gasteiger partial charge on any atom is -0.483 e. The Kier molecular flexibility index (Phi) is 11.0. The van der Waals surface area contributed by atoms with Gasteiger partial charge in [-0.25, -0.2) is 0 Å². The van der Waals surface area contributed by atoms with Crippen molar-refractivity contribution in [2.75, 3.05) is 26.3 Å². The maximum absolute atomic E-state index is 12.7. The van der Waals surface area contributed by atoms with Crippen LogP contribution in [0.15, 0.2) is 30.3 Å². The highest BCUT2D eigenvalue weighted by Crippen LogP contribution is 2.25. The smallest absolute Gasteiger partial charge is 0.290 e. The maximum Gasteiger partial charge on any atom is 0.290 e. The summed E-state index contributed by atoms with van der Waals surface area (Å²) in [6, 6.07) is 10.9. The molecule has 1 heterocycles. The van der Waals surface area contributed by atoms with Crippen LogP contribution in [0, 0.1) is 5.92 Å². The molecule has 3 N–H and O–H groups in total. The quantitative estimate of drug-likeness (QED) is 0.540. The standard InChI is InChI=1S/C22H33N3O3.CH2O2/c1-2-28-16-21(26)23-19-10-8-18(9-11-19)22(27)24-20-12-13-25(15-20)14-17-6-4-3-5-7-17;2-1-3/h3-7,18-20H,2,8-16H2,1H3,(H,23,26)(H,24,27);1H,(H,2,3). The molecular formula is C23H35N3O5. The second-order valence-corrected chi connectivity index (χ2v) is 8.07. The molecule has 1 aliphatic heterocycles. The molecule has 8 nitrogen and oxygen atoms in total. The van der Waals surface area contributed by atoms with E-state index in [0.717, 1.165) is 51.7 Å². The van der Waals surface area contributed by atoms with Crippen molar-refractivity contribution in [1.82, 2.24) is 15.5 Å². The maximum atomic E-state index is 12.7. The van der Waals surface area contributed by atoms with Gasteiger partial charge in [-0.15, -0.1) is 0 Å². The summed E-state index contributed by atoms with van der Waals surface area (Å²) < 4.78 is 5.14. The number of nitrogens with one attached hydrogen (secondary N) is 2. The Morgan fingerprint density at radius 3 is 2.42 bits per heavy atom. The molecule has 0 bridgehead atoms. The van der Waals surface area contributed by atoms with Gasteiger partial charge in [0.1, 0.15) is 6.61 Å². The van der Waals surface area contributed by atoms with E-state index in [-0.39, 0.29) is 42.9 Å². The summed E-state index contributed by atoms with van der Waals surface area (Å²) in [4.78, 5) is 35.2. The third kappa shape index (κ3) is 9.06. The fraction of sp³-hybridized carbons (Fsp3) is 0.609. The van der Waals surface area contributed by atoms with Crippen molar-refractivity contribution in [2.45, 2.75) is 57.7 Å². The third-order valence-corrected chi connectivity index (χ3v) is 5.77. The molecule has 1 saturated carbocycles. The number of hydrogen-bond donors (Lipinski definition) is 3. The zero-order valence-corrected chi connectivity index (χ0v) is 18.3. The van der Waals surface area contributed by atoms with E-state index in [1.807, 2.05) is 13.0 Å². The van der Waals surface area contributed by atoms with Crippen LogP contribution in [0.1, 0.15) is 44.6 Å². The number of carboxylic acid groups (broad SMARTS) is 1. The van der Waals surface area contributed by atoms with E-state index in [4.69, 9.17) is 14.6 Å². The first-order valence-electron chi connectivity index (χ1n) is 11.1. The molecule has 8 heteroatoms. The Morgan fingerprint density at radius 2 is 1.77 bits per heavy atom. The average molecular weight is 434 g/mol. The van der Waals surface area contributed by atoms with Gasteiger partial charge in [0.15, 0.2) is 0 Å². The van der Waals surface area contributed by atoms with Crippen LogP contribution in [0.4, 0.5) is 0 Å². The van der Waals surface area contributed by atoms with Gasteiger partial charge in [0.25, 0.3) is 6.47 Å². The molecule has 2 amide bonds. The minimum atomic E-state index is -0.250. The lowest BCUT2D eigenvalue weighted by Crippen LogP contribution is -2.44. The summed E-state index contributed by atoms with van der Waals surface area (Å²) in [5, 5.41) is 13.2. The van der Waals surface area contributed by atoms with Crippen molar-refractivity contribution in [3.63, 3.8) is 0 Å². The van der Waals surface area contributed by atoms with Gasteiger partial charge in [0.05, 0.1) is 0 Å². The van der Waals surface area contributed by atoms with Gasteiger partial charge < -0.3 is 20.5 Å². The number of hydrogen-bond acceptors (Lipinski definition) is 5. The van der Waals surface area contributed by atoms with Gasteiger partial charge in [0.2, 0.25) is 11.8 Å². The molecule has 0 radical (unpaired) electrons. The SMILES string of the molecule is CCOCC(=O)NC1CCC(C(=O)NC2CCN(Cc3ccccc3)C2)CC1.O=CO. The van der Waals surface area contributed by atoms with Gasteiger partial charge in [0, 0.05) is 44.2 Å². The summed E-state index contributed by atoms with van der Waals surface area (Å²) >= 11 is 0. The summed E-state index contributed by atoms with van der Waals surface area (Å²) in [6.07, 6.45) is 4.42. The molecule has 1 atom stereocenters. The van der Waals surface area contributed by atoms with Crippen molar-refractivity contribution in [3.8, 4) is 0 Å². The first-order valence-corrected chi connectivity index (χ1v) is 11.1. The second-order valence-electron chi connectivity index (χ2n) is 8.07. The molecule has 2 fully saturated rings. The van der Waals surface area contributed by atoms with Crippen molar-refractivity contribution in [3.05, 3.63) is 35.9 Å².